The van der Waals surface area contributed by atoms with Crippen molar-refractivity contribution in [2.75, 3.05) is 0 Å². The third-order valence-electron chi connectivity index (χ3n) is 2.38. The predicted molar refractivity (Wildman–Crippen MR) is 62.6 cm³/mol. The van der Waals surface area contributed by atoms with Crippen molar-refractivity contribution in [1.29, 1.82) is 0 Å². The number of hydrogen-bond donors (Lipinski definition) is 0. The summed E-state index contributed by atoms with van der Waals surface area (Å²) in [6.07, 6.45) is -9.18. The van der Waals surface area contributed by atoms with Gasteiger partial charge in [0.15, 0.2) is 17.5 Å². The summed E-state index contributed by atoms with van der Waals surface area (Å²) in [5.74, 6) is -7.53. The number of hydrogen-bond acceptors (Lipinski definition) is 0. The van der Waals surface area contributed by atoms with Gasteiger partial charge in [-0.3, -0.25) is 0 Å². The molecule has 0 N–H and O–H groups in total. The van der Waals surface area contributed by atoms with Crippen molar-refractivity contribution in [3.63, 3.8) is 0 Å². The fraction of sp³-hybridized carbons (Fsp3) is 0. The van der Waals surface area contributed by atoms with Gasteiger partial charge < -0.3 is 0 Å². The van der Waals surface area contributed by atoms with Crippen molar-refractivity contribution in [3.05, 3.63) is 47.1 Å². The Morgan fingerprint density at radius 1 is 0.591 bits per heavy atom. The van der Waals surface area contributed by atoms with Crippen molar-refractivity contribution in [1.82, 2.24) is 0 Å². The zero-order valence-corrected chi connectivity index (χ0v) is 11.1. The zero-order valence-electron chi connectivity index (χ0n) is 10.1. The average molecular weight is 345 g/mol. The van der Waals surface area contributed by atoms with E-state index in [1.54, 1.807) is 0 Å². The molecular weight excluding hydrogens is 343 g/mol. The van der Waals surface area contributed by atoms with Crippen LogP contribution in [0, 0.1) is 0 Å². The maximum absolute atomic E-state index is 13.4. The first-order valence-corrected chi connectivity index (χ1v) is 5.61. The van der Waals surface area contributed by atoms with Crippen LogP contribution in [0.15, 0.2) is 30.4 Å². The molecule has 0 spiro atoms. The van der Waals surface area contributed by atoms with Crippen LogP contribution in [-0.2, 0) is 0 Å². The molecule has 3 radical (unpaired) electrons. The van der Waals surface area contributed by atoms with E-state index >= 15 is 0 Å². The Bertz CT molecular complexity index is 691. The quantitative estimate of drug-likeness (QED) is 0.529. The molecule has 0 aliphatic rings. The van der Waals surface area contributed by atoms with Gasteiger partial charge in [0.05, 0.1) is 10.2 Å². The first-order chi connectivity index (χ1) is 10.1. The van der Waals surface area contributed by atoms with Crippen molar-refractivity contribution < 1.29 is 39.5 Å². The van der Waals surface area contributed by atoms with Gasteiger partial charge >= 0.3 is 18.2 Å². The van der Waals surface area contributed by atoms with Gasteiger partial charge in [-0.15, -0.1) is 0 Å². The minimum atomic E-state index is -3.13. The zero-order chi connectivity index (χ0) is 17.2. The molecule has 1 aromatic rings. The summed E-state index contributed by atoms with van der Waals surface area (Å²) in [4.78, 5) is 0. The molecule has 1 rings (SSSR count). The fourth-order valence-electron chi connectivity index (χ4n) is 1.53. The molecule has 10 heteroatoms. The van der Waals surface area contributed by atoms with E-state index in [9.17, 15) is 39.5 Å². The third kappa shape index (κ3) is 3.43. The smallest absolute Gasteiger partial charge is 0.200 e. The second-order valence-corrected chi connectivity index (χ2v) is 4.17. The molecule has 0 saturated heterocycles. The number of halogens is 9. The normalized spacial score (nSPS) is 10.3. The fourth-order valence-corrected chi connectivity index (χ4v) is 1.85. The predicted octanol–water partition coefficient (Wildman–Crippen LogP) is 5.08. The van der Waals surface area contributed by atoms with E-state index in [1.807, 2.05) is 0 Å². The molecule has 117 valence electrons. The number of benzene rings is 1. The minimum Gasteiger partial charge on any atom is -0.200 e. The Morgan fingerprint density at radius 3 is 1.41 bits per heavy atom. The average Bonchev–Trinajstić information content (AvgIpc) is 2.44. The van der Waals surface area contributed by atoms with Crippen LogP contribution in [0.3, 0.4) is 0 Å². The van der Waals surface area contributed by atoms with Crippen molar-refractivity contribution in [3.8, 4) is 0 Å². The molecule has 0 nitrogen and oxygen atoms in total. The van der Waals surface area contributed by atoms with Crippen molar-refractivity contribution >= 4 is 32.9 Å². The highest BCUT2D eigenvalue weighted by Gasteiger charge is 2.27. The monoisotopic (exact) mass is 345 g/mol. The van der Waals surface area contributed by atoms with E-state index in [-0.39, 0.29) is 0 Å². The van der Waals surface area contributed by atoms with Crippen LogP contribution in [0.5, 0.6) is 0 Å². The summed E-state index contributed by atoms with van der Waals surface area (Å²) < 4.78 is 114. The molecule has 0 bridgehead atoms. The van der Waals surface area contributed by atoms with E-state index in [2.05, 4.69) is 10.2 Å². The van der Waals surface area contributed by atoms with Crippen LogP contribution in [0.2, 0.25) is 0 Å². The Kier molecular flexibility index (Phi) is 5.63. The topological polar surface area (TPSA) is 0 Å². The van der Waals surface area contributed by atoms with E-state index in [0.717, 1.165) is 0 Å². The molecular formula is C12H2F9Si. The molecule has 1 aromatic carbocycles. The molecule has 22 heavy (non-hydrogen) atoms. The second-order valence-electron chi connectivity index (χ2n) is 3.63. The van der Waals surface area contributed by atoms with Gasteiger partial charge in [0.25, 0.3) is 0 Å². The Morgan fingerprint density at radius 2 is 1.00 bits per heavy atom. The second kappa shape index (κ2) is 6.86. The van der Waals surface area contributed by atoms with Gasteiger partial charge in [0, 0.05) is 16.7 Å². The van der Waals surface area contributed by atoms with Crippen LogP contribution < -0.4 is 5.19 Å². The van der Waals surface area contributed by atoms with Gasteiger partial charge in [-0.25, -0.2) is 13.2 Å². The Hall–Kier alpha value is -1.97. The summed E-state index contributed by atoms with van der Waals surface area (Å²) >= 11 is 0. The minimum absolute atomic E-state index is 0.404. The van der Waals surface area contributed by atoms with Crippen molar-refractivity contribution in [2.45, 2.75) is 0 Å². The van der Waals surface area contributed by atoms with E-state index in [0.29, 0.717) is 12.1 Å². The number of rotatable bonds is 3. The van der Waals surface area contributed by atoms with Gasteiger partial charge in [-0.05, 0) is 0 Å². The summed E-state index contributed by atoms with van der Waals surface area (Å²) in [6.45, 7) is 0. The summed E-state index contributed by atoms with van der Waals surface area (Å²) in [7, 11) is 2.54. The molecule has 0 fully saturated rings. The highest BCUT2D eigenvalue weighted by molar-refractivity contribution is 6.35. The SMILES string of the molecule is FC(F)=C(F)c1ccc([Si])c(C(F)=C(F)F)c1C(F)=C(F)F. The summed E-state index contributed by atoms with van der Waals surface area (Å²) in [6, 6.07) is 1.03. The molecule has 0 aromatic heterocycles. The summed E-state index contributed by atoms with van der Waals surface area (Å²) in [5, 5.41) is -0.674. The summed E-state index contributed by atoms with van der Waals surface area (Å²) in [5.41, 5.74) is -4.78. The first kappa shape index (κ1) is 18.1. The van der Waals surface area contributed by atoms with Gasteiger partial charge in [0.1, 0.15) is 0 Å². The highest BCUT2D eigenvalue weighted by atomic mass is 28.1. The van der Waals surface area contributed by atoms with E-state index in [4.69, 9.17) is 0 Å². The van der Waals surface area contributed by atoms with Crippen molar-refractivity contribution in [2.24, 2.45) is 0 Å². The molecule has 0 atom stereocenters. The molecule has 0 heterocycles. The third-order valence-corrected chi connectivity index (χ3v) is 2.80. The van der Waals surface area contributed by atoms with E-state index < -0.39 is 57.6 Å². The lowest BCUT2D eigenvalue weighted by atomic mass is 9.98. The lowest BCUT2D eigenvalue weighted by Crippen LogP contribution is -2.14. The van der Waals surface area contributed by atoms with Crippen LogP contribution in [-0.4, -0.2) is 10.2 Å². The molecule has 0 unspecified atom stereocenters. The molecule has 0 amide bonds. The van der Waals surface area contributed by atoms with Crippen LogP contribution in [0.25, 0.3) is 17.5 Å². The van der Waals surface area contributed by atoms with Crippen LogP contribution in [0.4, 0.5) is 39.5 Å². The highest BCUT2D eigenvalue weighted by Crippen LogP contribution is 2.37. The maximum atomic E-state index is 13.4. The first-order valence-electron chi connectivity index (χ1n) is 5.11. The largest absolute Gasteiger partial charge is 0.306 e. The Labute approximate surface area is 120 Å². The Balaban J connectivity index is 4.02. The van der Waals surface area contributed by atoms with Gasteiger partial charge in [0.2, 0.25) is 0 Å². The van der Waals surface area contributed by atoms with Crippen LogP contribution >= 0.6 is 0 Å². The molecule has 0 saturated carbocycles. The maximum Gasteiger partial charge on any atom is 0.306 e. The molecule has 0 aliphatic heterocycles. The van der Waals surface area contributed by atoms with Gasteiger partial charge in [-0.1, -0.05) is 17.3 Å². The standard InChI is InChI=1S/C12H2F9Si/c13-7(10(16)17)3-1-2-4(22)6(9(15)12(20)21)5(3)8(14)11(18)19/h1-2H. The van der Waals surface area contributed by atoms with Crippen LogP contribution in [0.1, 0.15) is 16.7 Å². The van der Waals surface area contributed by atoms with Gasteiger partial charge in [-0.2, -0.15) is 26.3 Å². The lowest BCUT2D eigenvalue weighted by Gasteiger charge is -2.13. The molecule has 0 aliphatic carbocycles. The lowest BCUT2D eigenvalue weighted by molar-refractivity contribution is 0.406. The van der Waals surface area contributed by atoms with E-state index in [1.165, 1.54) is 0 Å².